The van der Waals surface area contributed by atoms with Crippen molar-refractivity contribution in [1.29, 1.82) is 0 Å². The third-order valence-electron chi connectivity index (χ3n) is 2.75. The quantitative estimate of drug-likeness (QED) is 0.633. The first-order chi connectivity index (χ1) is 8.26. The number of aliphatic hydroxyl groups is 1. The van der Waals surface area contributed by atoms with Crippen molar-refractivity contribution in [3.63, 3.8) is 0 Å². The van der Waals surface area contributed by atoms with Gasteiger partial charge in [-0.2, -0.15) is 11.8 Å². The van der Waals surface area contributed by atoms with Crippen LogP contribution in [-0.4, -0.2) is 41.8 Å². The molecule has 2 amide bonds. The predicted molar refractivity (Wildman–Crippen MR) is 72.3 cm³/mol. The highest BCUT2D eigenvalue weighted by Gasteiger charge is 2.14. The molecule has 0 radical (unpaired) electrons. The lowest BCUT2D eigenvalue weighted by atomic mass is 10.0. The van der Waals surface area contributed by atoms with Crippen LogP contribution in [0.25, 0.3) is 0 Å². The molecule has 17 heavy (non-hydrogen) atoms. The van der Waals surface area contributed by atoms with Crippen molar-refractivity contribution in [2.45, 2.75) is 37.8 Å². The topological polar surface area (TPSA) is 61.4 Å². The molecule has 2 atom stereocenters. The molecule has 0 saturated carbocycles. The minimum absolute atomic E-state index is 0.0440. The van der Waals surface area contributed by atoms with E-state index in [1.165, 1.54) is 0 Å². The molecule has 98 valence electrons. The molecule has 0 fully saturated rings. The molecule has 0 saturated heterocycles. The first-order valence-corrected chi connectivity index (χ1v) is 7.49. The molecule has 5 heteroatoms. The van der Waals surface area contributed by atoms with Crippen LogP contribution in [0.15, 0.2) is 12.2 Å². The fourth-order valence-electron chi connectivity index (χ4n) is 1.88. The maximum absolute atomic E-state index is 11.7. The van der Waals surface area contributed by atoms with E-state index < -0.39 is 0 Å². The van der Waals surface area contributed by atoms with E-state index in [1.54, 1.807) is 11.8 Å². The van der Waals surface area contributed by atoms with Crippen molar-refractivity contribution in [2.75, 3.05) is 18.6 Å². The van der Waals surface area contributed by atoms with Gasteiger partial charge in [0, 0.05) is 24.4 Å². The average molecular weight is 258 g/mol. The van der Waals surface area contributed by atoms with Crippen LogP contribution in [0.2, 0.25) is 0 Å². The number of amides is 2. The second-order valence-corrected chi connectivity index (χ2v) is 5.16. The summed E-state index contributed by atoms with van der Waals surface area (Å²) in [6, 6.07) is 0.0735. The summed E-state index contributed by atoms with van der Waals surface area (Å²) in [5, 5.41) is 14.7. The molecule has 1 rings (SSSR count). The van der Waals surface area contributed by atoms with E-state index in [2.05, 4.69) is 22.8 Å². The van der Waals surface area contributed by atoms with Gasteiger partial charge in [0.05, 0.1) is 0 Å². The number of hydrogen-bond acceptors (Lipinski definition) is 3. The summed E-state index contributed by atoms with van der Waals surface area (Å²) < 4.78 is 0. The minimum atomic E-state index is -0.131. The summed E-state index contributed by atoms with van der Waals surface area (Å²) >= 11 is 1.67. The van der Waals surface area contributed by atoms with Crippen molar-refractivity contribution in [3.05, 3.63) is 12.2 Å². The summed E-state index contributed by atoms with van der Waals surface area (Å²) in [4.78, 5) is 11.7. The summed E-state index contributed by atoms with van der Waals surface area (Å²) in [5.74, 6) is 0.828. The standard InChI is InChI=1S/C12H22N2O2S/c1-17-9-11(7-8-15)14-12(16)13-10-5-3-2-4-6-10/h3,5,10-11,15H,2,4,6-9H2,1H3,(H2,13,14,16). The number of rotatable bonds is 6. The zero-order valence-corrected chi connectivity index (χ0v) is 11.1. The highest BCUT2D eigenvalue weighted by molar-refractivity contribution is 7.98. The molecule has 1 aliphatic carbocycles. The van der Waals surface area contributed by atoms with Gasteiger partial charge in [-0.05, 0) is 31.9 Å². The Labute approximate surface area is 107 Å². The monoisotopic (exact) mass is 258 g/mol. The van der Waals surface area contributed by atoms with E-state index in [-0.39, 0.29) is 24.7 Å². The van der Waals surface area contributed by atoms with E-state index in [4.69, 9.17) is 5.11 Å². The Bertz CT molecular complexity index is 253. The summed E-state index contributed by atoms with van der Waals surface area (Å²) in [5.41, 5.74) is 0. The second-order valence-electron chi connectivity index (χ2n) is 4.25. The van der Waals surface area contributed by atoms with Crippen molar-refractivity contribution in [1.82, 2.24) is 10.6 Å². The van der Waals surface area contributed by atoms with Crippen LogP contribution in [0, 0.1) is 0 Å². The minimum Gasteiger partial charge on any atom is -0.396 e. The van der Waals surface area contributed by atoms with Crippen molar-refractivity contribution < 1.29 is 9.90 Å². The number of allylic oxidation sites excluding steroid dienone is 1. The molecule has 0 aliphatic heterocycles. The van der Waals surface area contributed by atoms with Gasteiger partial charge in [-0.3, -0.25) is 0 Å². The van der Waals surface area contributed by atoms with E-state index in [9.17, 15) is 4.79 Å². The summed E-state index contributed by atoms with van der Waals surface area (Å²) in [6.07, 6.45) is 10.0. The molecular formula is C12H22N2O2S. The van der Waals surface area contributed by atoms with Gasteiger partial charge in [-0.1, -0.05) is 12.2 Å². The Morgan fingerprint density at radius 2 is 2.47 bits per heavy atom. The lowest BCUT2D eigenvalue weighted by molar-refractivity contribution is 0.229. The van der Waals surface area contributed by atoms with E-state index in [0.29, 0.717) is 6.42 Å². The maximum atomic E-state index is 11.7. The average Bonchev–Trinajstić information content (AvgIpc) is 2.30. The van der Waals surface area contributed by atoms with Crippen LogP contribution in [0.1, 0.15) is 25.7 Å². The molecule has 0 aromatic rings. The Morgan fingerprint density at radius 3 is 3.06 bits per heavy atom. The highest BCUT2D eigenvalue weighted by atomic mass is 32.2. The lowest BCUT2D eigenvalue weighted by Crippen LogP contribution is -2.47. The first kappa shape index (κ1) is 14.4. The number of aliphatic hydroxyl groups excluding tert-OH is 1. The Hall–Kier alpha value is -0.680. The van der Waals surface area contributed by atoms with Crippen molar-refractivity contribution >= 4 is 17.8 Å². The Morgan fingerprint density at radius 1 is 1.65 bits per heavy atom. The SMILES string of the molecule is CSCC(CCO)NC(=O)NC1C=CCCC1. The largest absolute Gasteiger partial charge is 0.396 e. The molecule has 3 N–H and O–H groups in total. The van der Waals surface area contributed by atoms with Crippen LogP contribution >= 0.6 is 11.8 Å². The van der Waals surface area contributed by atoms with Crippen LogP contribution < -0.4 is 10.6 Å². The van der Waals surface area contributed by atoms with Gasteiger partial charge in [-0.25, -0.2) is 4.79 Å². The van der Waals surface area contributed by atoms with Crippen molar-refractivity contribution in [3.8, 4) is 0 Å². The molecule has 0 spiro atoms. The first-order valence-electron chi connectivity index (χ1n) is 6.09. The second kappa shape index (κ2) is 8.42. The number of carbonyl (C=O) groups is 1. The van der Waals surface area contributed by atoms with Crippen LogP contribution in [-0.2, 0) is 0 Å². The highest BCUT2D eigenvalue weighted by Crippen LogP contribution is 2.10. The van der Waals surface area contributed by atoms with Crippen LogP contribution in [0.3, 0.4) is 0 Å². The van der Waals surface area contributed by atoms with Crippen molar-refractivity contribution in [2.24, 2.45) is 0 Å². The van der Waals surface area contributed by atoms with Crippen LogP contribution in [0.4, 0.5) is 4.79 Å². The molecule has 4 nitrogen and oxygen atoms in total. The third-order valence-corrected chi connectivity index (χ3v) is 3.49. The fourth-order valence-corrected chi connectivity index (χ4v) is 2.53. The van der Waals surface area contributed by atoms with Gasteiger partial charge < -0.3 is 15.7 Å². The van der Waals surface area contributed by atoms with E-state index >= 15 is 0 Å². The lowest BCUT2D eigenvalue weighted by Gasteiger charge is -2.21. The number of hydrogen-bond donors (Lipinski definition) is 3. The van der Waals surface area contributed by atoms with Gasteiger partial charge in [0.1, 0.15) is 0 Å². The van der Waals surface area contributed by atoms with Gasteiger partial charge in [0.15, 0.2) is 0 Å². The molecule has 2 unspecified atom stereocenters. The van der Waals surface area contributed by atoms with Gasteiger partial charge >= 0.3 is 6.03 Å². The maximum Gasteiger partial charge on any atom is 0.315 e. The number of urea groups is 1. The number of nitrogens with one attached hydrogen (secondary N) is 2. The predicted octanol–water partition coefficient (Wildman–Crippen LogP) is 1.51. The smallest absolute Gasteiger partial charge is 0.315 e. The molecular weight excluding hydrogens is 236 g/mol. The number of thioether (sulfide) groups is 1. The Kier molecular flexibility index (Phi) is 7.12. The van der Waals surface area contributed by atoms with Gasteiger partial charge in [0.2, 0.25) is 0 Å². The zero-order chi connectivity index (χ0) is 12.5. The molecule has 0 bridgehead atoms. The zero-order valence-electron chi connectivity index (χ0n) is 10.3. The van der Waals surface area contributed by atoms with Gasteiger partial charge in [0.25, 0.3) is 0 Å². The normalized spacial score (nSPS) is 20.9. The van der Waals surface area contributed by atoms with Gasteiger partial charge in [-0.15, -0.1) is 0 Å². The van der Waals surface area contributed by atoms with E-state index in [0.717, 1.165) is 25.0 Å². The summed E-state index contributed by atoms with van der Waals surface area (Å²) in [7, 11) is 0. The Balaban J connectivity index is 2.30. The van der Waals surface area contributed by atoms with Crippen LogP contribution in [0.5, 0.6) is 0 Å². The van der Waals surface area contributed by atoms with E-state index in [1.807, 2.05) is 6.26 Å². The fraction of sp³-hybridized carbons (Fsp3) is 0.750. The summed E-state index contributed by atoms with van der Waals surface area (Å²) in [6.45, 7) is 0.106. The number of carbonyl (C=O) groups excluding carboxylic acids is 1. The third kappa shape index (κ3) is 5.98. The molecule has 0 heterocycles. The molecule has 0 aromatic carbocycles. The molecule has 0 aromatic heterocycles. The molecule has 1 aliphatic rings.